The minimum Gasteiger partial charge on any atom is -0.467 e. The number of nitrogens with zero attached hydrogens (tertiary/aromatic N) is 4. The van der Waals surface area contributed by atoms with Crippen LogP contribution in [0, 0.1) is 0 Å². The summed E-state index contributed by atoms with van der Waals surface area (Å²) < 4.78 is 14.3. The third kappa shape index (κ3) is 4.27. The minimum atomic E-state index is -0.719. The summed E-state index contributed by atoms with van der Waals surface area (Å²) in [6, 6.07) is 16.8. The third-order valence-electron chi connectivity index (χ3n) is 5.49. The second-order valence-electron chi connectivity index (χ2n) is 7.75. The lowest BCUT2D eigenvalue weighted by molar-refractivity contribution is 0.0523. The van der Waals surface area contributed by atoms with Crippen molar-refractivity contribution in [3.63, 3.8) is 0 Å². The van der Waals surface area contributed by atoms with E-state index in [1.807, 2.05) is 0 Å². The number of carbonyl (C=O) groups is 2. The maximum Gasteiger partial charge on any atom is 0.341 e. The number of hydrogen-bond donors (Lipinski definition) is 0. The zero-order chi connectivity index (χ0) is 25.2. The van der Waals surface area contributed by atoms with Gasteiger partial charge < -0.3 is 13.7 Å². The number of rotatable bonds is 5. The summed E-state index contributed by atoms with van der Waals surface area (Å²) in [4.78, 5) is 48.7. The molecule has 4 heterocycles. The van der Waals surface area contributed by atoms with Gasteiger partial charge in [0.1, 0.15) is 22.6 Å². The first-order valence-corrected chi connectivity index (χ1v) is 11.8. The van der Waals surface area contributed by atoms with Crippen LogP contribution in [0.4, 0.5) is 0 Å². The molecule has 0 N–H and O–H groups in total. The van der Waals surface area contributed by atoms with E-state index < -0.39 is 11.9 Å². The Bertz CT molecular complexity index is 1750. The summed E-state index contributed by atoms with van der Waals surface area (Å²) in [7, 11) is 0. The highest BCUT2D eigenvalue weighted by molar-refractivity contribution is 9.10. The molecule has 10 heteroatoms. The maximum absolute atomic E-state index is 13.4. The monoisotopic (exact) mass is 546 g/mol. The fraction of sp³-hybridized carbons (Fsp3) is 0.115. The van der Waals surface area contributed by atoms with Crippen molar-refractivity contribution in [3.05, 3.63) is 110 Å². The number of aromatic nitrogens is 3. The van der Waals surface area contributed by atoms with Crippen LogP contribution in [0.5, 0.6) is 0 Å². The van der Waals surface area contributed by atoms with Crippen LogP contribution in [0.25, 0.3) is 16.7 Å². The summed E-state index contributed by atoms with van der Waals surface area (Å²) >= 11 is 3.38. The molecular weight excluding hydrogens is 528 g/mol. The standard InChI is InChI=1S/C26H19BrN4O5/c1-2-35-26(34)19-14-18-22(28-21-11-5-6-12-30(21)25(18)33)31(15-16-8-7-13-36-16)23(19)29-24(32)17-9-3-4-10-20(17)27/h3-14H,2,15H2,1H3. The number of amides is 1. The van der Waals surface area contributed by atoms with Gasteiger partial charge in [-0.3, -0.25) is 14.0 Å². The summed E-state index contributed by atoms with van der Waals surface area (Å²) in [5, 5.41) is 0.167. The zero-order valence-corrected chi connectivity index (χ0v) is 20.6. The molecule has 0 radical (unpaired) electrons. The molecule has 0 fully saturated rings. The smallest absolute Gasteiger partial charge is 0.341 e. The highest BCUT2D eigenvalue weighted by Gasteiger charge is 2.21. The van der Waals surface area contributed by atoms with E-state index in [4.69, 9.17) is 9.15 Å². The first kappa shape index (κ1) is 23.4. The van der Waals surface area contributed by atoms with Crippen LogP contribution in [-0.4, -0.2) is 32.4 Å². The number of ether oxygens (including phenoxy) is 1. The Morgan fingerprint density at radius 3 is 2.64 bits per heavy atom. The van der Waals surface area contributed by atoms with Crippen LogP contribution in [0.2, 0.25) is 0 Å². The van der Waals surface area contributed by atoms with Gasteiger partial charge in [-0.1, -0.05) is 18.2 Å². The average Bonchev–Trinajstić information content (AvgIpc) is 3.39. The van der Waals surface area contributed by atoms with Crippen LogP contribution in [0.15, 0.2) is 91.8 Å². The van der Waals surface area contributed by atoms with Crippen molar-refractivity contribution >= 4 is 44.5 Å². The van der Waals surface area contributed by atoms with Crippen LogP contribution >= 0.6 is 15.9 Å². The Kier molecular flexibility index (Phi) is 6.34. The third-order valence-corrected chi connectivity index (χ3v) is 6.18. The maximum atomic E-state index is 13.4. The SMILES string of the molecule is CCOC(=O)c1cc2c(=O)n3ccccc3nc2n(Cc2ccco2)c1=NC(=O)c1ccccc1Br. The number of pyridine rings is 2. The summed E-state index contributed by atoms with van der Waals surface area (Å²) in [5.74, 6) is -0.788. The molecule has 0 saturated heterocycles. The fourth-order valence-electron chi connectivity index (χ4n) is 3.86. The number of esters is 1. The largest absolute Gasteiger partial charge is 0.467 e. The van der Waals surface area contributed by atoms with Crippen LogP contribution in [-0.2, 0) is 11.3 Å². The number of hydrogen-bond acceptors (Lipinski definition) is 6. The summed E-state index contributed by atoms with van der Waals surface area (Å²) in [5.41, 5.74) is 0.544. The Hall–Kier alpha value is -4.31. The van der Waals surface area contributed by atoms with Crippen molar-refractivity contribution in [2.24, 2.45) is 4.99 Å². The van der Waals surface area contributed by atoms with E-state index in [2.05, 4.69) is 25.9 Å². The normalized spacial score (nSPS) is 11.8. The molecule has 0 atom stereocenters. The highest BCUT2D eigenvalue weighted by atomic mass is 79.9. The van der Waals surface area contributed by atoms with E-state index in [-0.39, 0.29) is 40.8 Å². The number of carbonyl (C=O) groups excluding carboxylic acids is 2. The van der Waals surface area contributed by atoms with E-state index in [9.17, 15) is 14.4 Å². The van der Waals surface area contributed by atoms with Gasteiger partial charge in [0.15, 0.2) is 5.49 Å². The fourth-order valence-corrected chi connectivity index (χ4v) is 4.31. The van der Waals surface area contributed by atoms with Crippen molar-refractivity contribution < 1.29 is 18.7 Å². The Balaban J connectivity index is 1.91. The molecule has 36 heavy (non-hydrogen) atoms. The number of fused-ring (bicyclic) bond motifs is 2. The predicted molar refractivity (Wildman–Crippen MR) is 135 cm³/mol. The Morgan fingerprint density at radius 2 is 1.89 bits per heavy atom. The van der Waals surface area contributed by atoms with Crippen molar-refractivity contribution in [1.82, 2.24) is 14.0 Å². The molecule has 5 rings (SSSR count). The molecule has 1 amide bonds. The van der Waals surface area contributed by atoms with Crippen LogP contribution in [0.3, 0.4) is 0 Å². The van der Waals surface area contributed by atoms with Gasteiger partial charge in [0.05, 0.1) is 30.4 Å². The zero-order valence-electron chi connectivity index (χ0n) is 19.1. The second-order valence-corrected chi connectivity index (χ2v) is 8.60. The molecule has 0 aliphatic carbocycles. The summed E-state index contributed by atoms with van der Waals surface area (Å²) in [6.07, 6.45) is 3.10. The Morgan fingerprint density at radius 1 is 1.08 bits per heavy atom. The summed E-state index contributed by atoms with van der Waals surface area (Å²) in [6.45, 7) is 1.83. The second kappa shape index (κ2) is 9.74. The molecule has 0 spiro atoms. The molecule has 0 aliphatic rings. The quantitative estimate of drug-likeness (QED) is 0.244. The lowest BCUT2D eigenvalue weighted by Gasteiger charge is -2.14. The molecule has 0 bridgehead atoms. The van der Waals surface area contributed by atoms with E-state index in [1.165, 1.54) is 21.3 Å². The molecule has 0 aliphatic heterocycles. The number of benzene rings is 1. The van der Waals surface area contributed by atoms with Crippen molar-refractivity contribution in [3.8, 4) is 0 Å². The number of halogens is 1. The molecule has 9 nitrogen and oxygen atoms in total. The van der Waals surface area contributed by atoms with E-state index in [0.29, 0.717) is 21.4 Å². The molecule has 4 aromatic heterocycles. The molecule has 1 aromatic carbocycles. The van der Waals surface area contributed by atoms with Gasteiger partial charge >= 0.3 is 5.97 Å². The lowest BCUT2D eigenvalue weighted by Crippen LogP contribution is -2.33. The highest BCUT2D eigenvalue weighted by Crippen LogP contribution is 2.18. The molecular formula is C26H19BrN4O5. The van der Waals surface area contributed by atoms with Crippen molar-refractivity contribution in [2.75, 3.05) is 6.61 Å². The molecule has 180 valence electrons. The van der Waals surface area contributed by atoms with Crippen molar-refractivity contribution in [1.29, 1.82) is 0 Å². The molecule has 0 saturated carbocycles. The van der Waals surface area contributed by atoms with E-state index in [1.54, 1.807) is 67.7 Å². The van der Waals surface area contributed by atoms with Gasteiger partial charge in [-0.15, -0.1) is 0 Å². The first-order chi connectivity index (χ1) is 17.5. The molecule has 5 aromatic rings. The van der Waals surface area contributed by atoms with Gasteiger partial charge in [-0.2, -0.15) is 4.99 Å². The minimum absolute atomic E-state index is 0.00489. The van der Waals surface area contributed by atoms with Crippen LogP contribution < -0.4 is 11.0 Å². The van der Waals surface area contributed by atoms with E-state index >= 15 is 0 Å². The van der Waals surface area contributed by atoms with Gasteiger partial charge in [0.2, 0.25) is 0 Å². The predicted octanol–water partition coefficient (Wildman–Crippen LogP) is 3.97. The van der Waals surface area contributed by atoms with Crippen LogP contribution in [0.1, 0.15) is 33.4 Å². The molecule has 0 unspecified atom stereocenters. The number of furan rings is 1. The van der Waals surface area contributed by atoms with Gasteiger partial charge in [0, 0.05) is 10.7 Å². The van der Waals surface area contributed by atoms with Crippen molar-refractivity contribution in [2.45, 2.75) is 13.5 Å². The van der Waals surface area contributed by atoms with Gasteiger partial charge in [-0.05, 0) is 65.3 Å². The van der Waals surface area contributed by atoms with Gasteiger partial charge in [0.25, 0.3) is 11.5 Å². The topological polar surface area (TPSA) is 108 Å². The average molecular weight is 547 g/mol. The Labute approximate surface area is 212 Å². The van der Waals surface area contributed by atoms with E-state index in [0.717, 1.165) is 0 Å². The lowest BCUT2D eigenvalue weighted by atomic mass is 10.2. The van der Waals surface area contributed by atoms with Gasteiger partial charge in [-0.25, -0.2) is 9.78 Å². The first-order valence-electron chi connectivity index (χ1n) is 11.1.